The van der Waals surface area contributed by atoms with Crippen LogP contribution in [0.3, 0.4) is 0 Å². The number of sulfonamides is 1. The molecule has 1 amide bonds. The van der Waals surface area contributed by atoms with Crippen LogP contribution in [0.1, 0.15) is 47.2 Å². The highest BCUT2D eigenvalue weighted by molar-refractivity contribution is 7.89. The molecule has 0 aliphatic carbocycles. The van der Waals surface area contributed by atoms with E-state index in [1.54, 1.807) is 30.3 Å². The summed E-state index contributed by atoms with van der Waals surface area (Å²) in [6, 6.07) is 16.2. The van der Waals surface area contributed by atoms with Gasteiger partial charge >= 0.3 is 6.18 Å². The summed E-state index contributed by atoms with van der Waals surface area (Å²) in [4.78, 5) is 12.6. The summed E-state index contributed by atoms with van der Waals surface area (Å²) in [6.45, 7) is 0.893. The molecule has 0 saturated heterocycles. The molecule has 1 unspecified atom stereocenters. The van der Waals surface area contributed by atoms with E-state index < -0.39 is 38.6 Å². The van der Waals surface area contributed by atoms with Crippen molar-refractivity contribution in [3.05, 3.63) is 95.1 Å². The van der Waals surface area contributed by atoms with Gasteiger partial charge in [0.1, 0.15) is 5.75 Å². The molecule has 202 valence electrons. The number of alkyl halides is 3. The van der Waals surface area contributed by atoms with E-state index in [0.29, 0.717) is 43.4 Å². The molecular weight excluding hydrogens is 519 g/mol. The van der Waals surface area contributed by atoms with E-state index in [1.165, 1.54) is 0 Å². The Hall–Kier alpha value is -3.41. The van der Waals surface area contributed by atoms with Crippen LogP contribution >= 0.6 is 0 Å². The third-order valence-corrected chi connectivity index (χ3v) is 7.72. The molecule has 3 aromatic carbocycles. The number of hydrogen-bond acceptors (Lipinski definition) is 5. The summed E-state index contributed by atoms with van der Waals surface area (Å²) < 4.78 is 73.8. The fourth-order valence-electron chi connectivity index (χ4n) is 4.35. The maximum atomic E-state index is 13.2. The molecule has 3 aromatic rings. The summed E-state index contributed by atoms with van der Waals surface area (Å²) in [5.74, 6) is 0.242. The van der Waals surface area contributed by atoms with Crippen LogP contribution in [-0.2, 0) is 27.4 Å². The number of halogens is 3. The third-order valence-electron chi connectivity index (χ3n) is 6.25. The number of amides is 1. The second-order valence-corrected chi connectivity index (χ2v) is 10.7. The number of fused-ring (bicyclic) bond motifs is 1. The summed E-state index contributed by atoms with van der Waals surface area (Å²) in [5, 5.41) is 2.95. The fraction of sp³-hybridized carbons (Fsp3) is 0.296. The monoisotopic (exact) mass is 547 g/mol. The molecule has 7 nitrogen and oxygen atoms in total. The predicted molar refractivity (Wildman–Crippen MR) is 136 cm³/mol. The lowest BCUT2D eigenvalue weighted by atomic mass is 9.97. The van der Waals surface area contributed by atoms with Gasteiger partial charge in [-0.1, -0.05) is 48.5 Å². The van der Waals surface area contributed by atoms with Crippen LogP contribution in [0, 0.1) is 0 Å². The Morgan fingerprint density at radius 1 is 1.05 bits per heavy atom. The zero-order valence-electron chi connectivity index (χ0n) is 20.4. The van der Waals surface area contributed by atoms with E-state index in [0.717, 1.165) is 29.3 Å². The van der Waals surface area contributed by atoms with E-state index in [-0.39, 0.29) is 12.5 Å². The minimum Gasteiger partial charge on any atom is -0.493 e. The fourth-order valence-corrected chi connectivity index (χ4v) is 5.62. The number of benzene rings is 3. The highest BCUT2D eigenvalue weighted by atomic mass is 32.2. The number of nitrogens with one attached hydrogen (secondary N) is 2. The molecule has 0 radical (unpaired) electrons. The molecular formula is C27H28F3N3O4S. The van der Waals surface area contributed by atoms with Crippen molar-refractivity contribution in [3.63, 3.8) is 0 Å². The number of ether oxygens (including phenoxy) is 1. The zero-order valence-corrected chi connectivity index (χ0v) is 21.2. The standard InChI is InChI=1S/C27H28F3N3O4S/c28-27(29,30)20-7-4-8-21(16-20)38(35,36)33-24(19-5-2-1-3-6-19)17-26(34)32-23-12-14-37-25-15-18(11-13-31)9-10-22(23)25/h1-10,15-16,23-24,33H,11-14,17,31H2,(H,32,34)/t23?,24-/m1/s1. The second-order valence-electron chi connectivity index (χ2n) is 8.98. The second kappa shape index (κ2) is 11.5. The summed E-state index contributed by atoms with van der Waals surface area (Å²) >= 11 is 0. The summed E-state index contributed by atoms with van der Waals surface area (Å²) in [6.07, 6.45) is -3.74. The molecule has 4 rings (SSSR count). The van der Waals surface area contributed by atoms with Gasteiger partial charge in [0.2, 0.25) is 15.9 Å². The van der Waals surface area contributed by atoms with Crippen molar-refractivity contribution >= 4 is 15.9 Å². The van der Waals surface area contributed by atoms with Crippen molar-refractivity contribution in [2.24, 2.45) is 5.73 Å². The quantitative estimate of drug-likeness (QED) is 0.371. The Balaban J connectivity index is 1.54. The van der Waals surface area contributed by atoms with Gasteiger partial charge in [-0.05, 0) is 48.4 Å². The van der Waals surface area contributed by atoms with Gasteiger partial charge < -0.3 is 15.8 Å². The Kier molecular flexibility index (Phi) is 8.39. The minimum atomic E-state index is -4.70. The molecule has 1 heterocycles. The van der Waals surface area contributed by atoms with Crippen LogP contribution in [-0.4, -0.2) is 27.5 Å². The van der Waals surface area contributed by atoms with Crippen LogP contribution < -0.4 is 20.5 Å². The van der Waals surface area contributed by atoms with Gasteiger partial charge in [-0.2, -0.15) is 13.2 Å². The van der Waals surface area contributed by atoms with Crippen LogP contribution in [0.5, 0.6) is 5.75 Å². The molecule has 0 aromatic heterocycles. The first-order chi connectivity index (χ1) is 18.1. The largest absolute Gasteiger partial charge is 0.493 e. The van der Waals surface area contributed by atoms with E-state index in [9.17, 15) is 26.4 Å². The average Bonchev–Trinajstić information content (AvgIpc) is 2.88. The highest BCUT2D eigenvalue weighted by Gasteiger charge is 2.33. The SMILES string of the molecule is NCCc1ccc2c(c1)OCCC2NC(=O)C[C@@H](NS(=O)(=O)c1cccc(C(F)(F)F)c1)c1ccccc1. The smallest absolute Gasteiger partial charge is 0.416 e. The van der Waals surface area contributed by atoms with Gasteiger partial charge in [-0.3, -0.25) is 4.79 Å². The average molecular weight is 548 g/mol. The first-order valence-electron chi connectivity index (χ1n) is 12.1. The predicted octanol–water partition coefficient (Wildman–Crippen LogP) is 4.26. The first kappa shape index (κ1) is 27.6. The van der Waals surface area contributed by atoms with Crippen molar-refractivity contribution < 1.29 is 31.1 Å². The lowest BCUT2D eigenvalue weighted by Gasteiger charge is -2.28. The van der Waals surface area contributed by atoms with Gasteiger partial charge in [0.25, 0.3) is 0 Å². The van der Waals surface area contributed by atoms with Crippen LogP contribution in [0.15, 0.2) is 77.7 Å². The Morgan fingerprint density at radius 3 is 2.53 bits per heavy atom. The summed E-state index contributed by atoms with van der Waals surface area (Å²) in [7, 11) is -4.39. The van der Waals surface area contributed by atoms with E-state index in [2.05, 4.69) is 10.0 Å². The molecule has 0 bridgehead atoms. The van der Waals surface area contributed by atoms with Crippen LogP contribution in [0.4, 0.5) is 13.2 Å². The lowest BCUT2D eigenvalue weighted by molar-refractivity contribution is -0.137. The lowest BCUT2D eigenvalue weighted by Crippen LogP contribution is -2.36. The number of rotatable bonds is 9. The zero-order chi connectivity index (χ0) is 27.3. The maximum absolute atomic E-state index is 13.2. The Morgan fingerprint density at radius 2 is 1.82 bits per heavy atom. The molecule has 11 heteroatoms. The van der Waals surface area contributed by atoms with E-state index >= 15 is 0 Å². The normalized spacial score (nSPS) is 16.3. The molecule has 38 heavy (non-hydrogen) atoms. The van der Waals surface area contributed by atoms with Gasteiger partial charge in [0, 0.05) is 18.4 Å². The van der Waals surface area contributed by atoms with Crippen LogP contribution in [0.25, 0.3) is 0 Å². The van der Waals surface area contributed by atoms with Crippen molar-refractivity contribution in [2.45, 2.75) is 42.4 Å². The van der Waals surface area contributed by atoms with Gasteiger partial charge in [0.05, 0.1) is 29.1 Å². The molecule has 0 saturated carbocycles. The van der Waals surface area contributed by atoms with Gasteiger partial charge in [0.15, 0.2) is 0 Å². The van der Waals surface area contributed by atoms with Crippen molar-refractivity contribution in [1.82, 2.24) is 10.0 Å². The number of nitrogens with two attached hydrogens (primary N) is 1. The van der Waals surface area contributed by atoms with E-state index in [1.807, 2.05) is 18.2 Å². The highest BCUT2D eigenvalue weighted by Crippen LogP contribution is 2.34. The molecule has 2 atom stereocenters. The first-order valence-corrected chi connectivity index (χ1v) is 13.5. The minimum absolute atomic E-state index is 0.264. The van der Waals surface area contributed by atoms with Crippen molar-refractivity contribution in [3.8, 4) is 5.75 Å². The Bertz CT molecular complexity index is 1380. The summed E-state index contributed by atoms with van der Waals surface area (Å²) in [5.41, 5.74) is 6.88. The van der Waals surface area contributed by atoms with Gasteiger partial charge in [-0.25, -0.2) is 13.1 Å². The molecule has 1 aliphatic heterocycles. The Labute approximate surface area is 219 Å². The molecule has 1 aliphatic rings. The van der Waals surface area contributed by atoms with Crippen molar-refractivity contribution in [2.75, 3.05) is 13.2 Å². The third kappa shape index (κ3) is 6.72. The number of hydrogen-bond donors (Lipinski definition) is 3. The van der Waals surface area contributed by atoms with Gasteiger partial charge in [-0.15, -0.1) is 0 Å². The molecule has 0 spiro atoms. The maximum Gasteiger partial charge on any atom is 0.416 e. The number of carbonyl (C=O) groups is 1. The van der Waals surface area contributed by atoms with Crippen LogP contribution in [0.2, 0.25) is 0 Å². The molecule has 0 fully saturated rings. The topological polar surface area (TPSA) is 111 Å². The molecule has 4 N–H and O–H groups in total. The van der Waals surface area contributed by atoms with E-state index in [4.69, 9.17) is 10.5 Å². The van der Waals surface area contributed by atoms with Crippen molar-refractivity contribution in [1.29, 1.82) is 0 Å². The number of carbonyl (C=O) groups excluding carboxylic acids is 1.